The van der Waals surface area contributed by atoms with Crippen molar-refractivity contribution in [3.05, 3.63) is 29.6 Å². The zero-order chi connectivity index (χ0) is 19.9. The topological polar surface area (TPSA) is 75.3 Å². The highest BCUT2D eigenvalue weighted by molar-refractivity contribution is 6.09. The number of carbonyl (C=O) groups is 2. The van der Waals surface area contributed by atoms with Gasteiger partial charge in [0.2, 0.25) is 0 Å². The van der Waals surface area contributed by atoms with Crippen LogP contribution in [0, 0.1) is 11.8 Å². The molecule has 150 valence electrons. The van der Waals surface area contributed by atoms with Gasteiger partial charge in [-0.05, 0) is 70.4 Å². The summed E-state index contributed by atoms with van der Waals surface area (Å²) in [5.41, 5.74) is 2.27. The quantitative estimate of drug-likeness (QED) is 0.797. The van der Waals surface area contributed by atoms with E-state index in [-0.39, 0.29) is 17.8 Å². The number of fused-ring (bicyclic) bond motifs is 1. The summed E-state index contributed by atoms with van der Waals surface area (Å²) in [5.74, 6) is 0.968. The van der Waals surface area contributed by atoms with Gasteiger partial charge in [-0.15, -0.1) is 0 Å². The maximum Gasteiger partial charge on any atom is 0.410 e. The lowest BCUT2D eigenvalue weighted by Gasteiger charge is -2.33. The van der Waals surface area contributed by atoms with Gasteiger partial charge in [-0.1, -0.05) is 0 Å². The van der Waals surface area contributed by atoms with Crippen molar-refractivity contribution in [1.29, 1.82) is 0 Å². The highest BCUT2D eigenvalue weighted by Crippen LogP contribution is 2.34. The Balaban J connectivity index is 1.38. The third kappa shape index (κ3) is 4.21. The van der Waals surface area contributed by atoms with Crippen LogP contribution in [0.5, 0.6) is 0 Å². The van der Waals surface area contributed by atoms with Crippen molar-refractivity contribution in [3.8, 4) is 0 Å². The van der Waals surface area contributed by atoms with Gasteiger partial charge in [-0.3, -0.25) is 4.79 Å². The Morgan fingerprint density at radius 1 is 1.21 bits per heavy atom. The van der Waals surface area contributed by atoms with Crippen LogP contribution in [0.3, 0.4) is 0 Å². The molecule has 0 aromatic carbocycles. The monoisotopic (exact) mass is 383 g/mol. The summed E-state index contributed by atoms with van der Waals surface area (Å²) in [4.78, 5) is 34.2. The van der Waals surface area contributed by atoms with E-state index in [0.29, 0.717) is 5.92 Å². The molecule has 0 radical (unpaired) electrons. The Morgan fingerprint density at radius 3 is 2.57 bits per heavy atom. The number of carbonyl (C=O) groups excluding carboxylic acids is 2. The fourth-order valence-corrected chi connectivity index (χ4v) is 3.91. The number of aromatic amines is 1. The number of amides is 1. The molecular weight excluding hydrogens is 354 g/mol. The lowest BCUT2D eigenvalue weighted by molar-refractivity contribution is 0.0184. The highest BCUT2D eigenvalue weighted by atomic mass is 16.6. The predicted octanol–water partition coefficient (Wildman–Crippen LogP) is 4.35. The number of nitrogens with one attached hydrogen (secondary N) is 1. The standard InChI is InChI=1S/C22H29N3O3/c1-22(2,3)28-21(27)25-8-6-14(7-9-25)10-15-11-17-18(19(26)16-4-5-16)13-24-20(17)23-12-15/h11-14,16H,4-10H2,1-3H3,(H,23,24). The van der Waals surface area contributed by atoms with Crippen LogP contribution < -0.4 is 0 Å². The molecule has 4 rings (SSSR count). The average Bonchev–Trinajstić information content (AvgIpc) is 3.40. The summed E-state index contributed by atoms with van der Waals surface area (Å²) in [5, 5.41) is 0.945. The van der Waals surface area contributed by atoms with E-state index in [0.717, 1.165) is 67.4 Å². The lowest BCUT2D eigenvalue weighted by atomic mass is 9.90. The number of nitrogens with zero attached hydrogens (tertiary/aromatic N) is 2. The van der Waals surface area contributed by atoms with Crippen molar-refractivity contribution < 1.29 is 14.3 Å². The van der Waals surface area contributed by atoms with E-state index in [4.69, 9.17) is 4.74 Å². The van der Waals surface area contributed by atoms with Crippen LogP contribution in [0.15, 0.2) is 18.5 Å². The molecule has 0 atom stereocenters. The number of piperidine rings is 1. The number of likely N-dealkylation sites (tertiary alicyclic amines) is 1. The van der Waals surface area contributed by atoms with Crippen LogP contribution in [0.25, 0.3) is 11.0 Å². The predicted molar refractivity (Wildman–Crippen MR) is 107 cm³/mol. The van der Waals surface area contributed by atoms with Crippen LogP contribution in [0.1, 0.15) is 62.4 Å². The number of aromatic nitrogens is 2. The number of rotatable bonds is 4. The number of hydrogen-bond donors (Lipinski definition) is 1. The van der Waals surface area contributed by atoms with E-state index in [2.05, 4.69) is 16.0 Å². The molecule has 2 aliphatic rings. The molecule has 2 fully saturated rings. The first-order valence-corrected chi connectivity index (χ1v) is 10.3. The van der Waals surface area contributed by atoms with E-state index in [9.17, 15) is 9.59 Å². The van der Waals surface area contributed by atoms with Gasteiger partial charge in [0, 0.05) is 42.4 Å². The summed E-state index contributed by atoms with van der Waals surface area (Å²) in [6, 6.07) is 2.12. The molecule has 6 heteroatoms. The summed E-state index contributed by atoms with van der Waals surface area (Å²) < 4.78 is 5.47. The van der Waals surface area contributed by atoms with Gasteiger partial charge in [0.1, 0.15) is 11.2 Å². The molecule has 2 aromatic rings. The first-order valence-electron chi connectivity index (χ1n) is 10.3. The van der Waals surface area contributed by atoms with Gasteiger partial charge in [0.15, 0.2) is 5.78 Å². The minimum atomic E-state index is -0.457. The molecule has 1 saturated carbocycles. The molecule has 1 N–H and O–H groups in total. The van der Waals surface area contributed by atoms with E-state index in [1.165, 1.54) is 0 Å². The molecule has 3 heterocycles. The fourth-order valence-electron chi connectivity index (χ4n) is 3.91. The first kappa shape index (κ1) is 19.0. The Labute approximate surface area is 165 Å². The van der Waals surface area contributed by atoms with Crippen LogP contribution in [-0.2, 0) is 11.2 Å². The molecule has 6 nitrogen and oxygen atoms in total. The molecular formula is C22H29N3O3. The van der Waals surface area contributed by atoms with Gasteiger partial charge < -0.3 is 14.6 Å². The fraction of sp³-hybridized carbons (Fsp3) is 0.591. The van der Waals surface area contributed by atoms with Crippen LogP contribution >= 0.6 is 0 Å². The summed E-state index contributed by atoms with van der Waals surface area (Å²) in [6.07, 6.45) is 8.35. The SMILES string of the molecule is CC(C)(C)OC(=O)N1CCC(Cc2cnc3[nH]cc(C(=O)C4CC4)c3c2)CC1. The molecule has 0 unspecified atom stereocenters. The summed E-state index contributed by atoms with van der Waals surface area (Å²) in [7, 11) is 0. The minimum Gasteiger partial charge on any atom is -0.444 e. The maximum atomic E-state index is 12.5. The van der Waals surface area contributed by atoms with Crippen LogP contribution in [-0.4, -0.2) is 45.4 Å². The maximum absolute atomic E-state index is 12.5. The largest absolute Gasteiger partial charge is 0.444 e. The normalized spacial score (nSPS) is 18.5. The van der Waals surface area contributed by atoms with E-state index in [1.54, 1.807) is 6.20 Å². The lowest BCUT2D eigenvalue weighted by Crippen LogP contribution is -2.42. The first-order chi connectivity index (χ1) is 13.3. The van der Waals surface area contributed by atoms with E-state index in [1.807, 2.05) is 31.9 Å². The number of ketones is 1. The van der Waals surface area contributed by atoms with Crippen molar-refractivity contribution in [2.45, 2.75) is 58.5 Å². The Bertz CT molecular complexity index is 884. The number of hydrogen-bond acceptors (Lipinski definition) is 4. The molecule has 28 heavy (non-hydrogen) atoms. The van der Waals surface area contributed by atoms with Crippen molar-refractivity contribution >= 4 is 22.9 Å². The Kier molecular flexibility index (Phi) is 4.89. The van der Waals surface area contributed by atoms with Gasteiger partial charge in [-0.2, -0.15) is 0 Å². The van der Waals surface area contributed by atoms with Gasteiger partial charge in [-0.25, -0.2) is 9.78 Å². The minimum absolute atomic E-state index is 0.208. The van der Waals surface area contributed by atoms with Gasteiger partial charge in [0.05, 0.1) is 0 Å². The summed E-state index contributed by atoms with van der Waals surface area (Å²) in [6.45, 7) is 7.13. The molecule has 1 saturated heterocycles. The third-order valence-electron chi connectivity index (χ3n) is 5.59. The van der Waals surface area contributed by atoms with Crippen molar-refractivity contribution in [2.75, 3.05) is 13.1 Å². The third-order valence-corrected chi connectivity index (χ3v) is 5.59. The molecule has 1 amide bonds. The number of pyridine rings is 1. The van der Waals surface area contributed by atoms with Crippen molar-refractivity contribution in [1.82, 2.24) is 14.9 Å². The molecule has 0 spiro atoms. The van der Waals surface area contributed by atoms with Crippen LogP contribution in [0.2, 0.25) is 0 Å². The zero-order valence-electron chi connectivity index (χ0n) is 17.0. The molecule has 2 aromatic heterocycles. The van der Waals surface area contributed by atoms with E-state index >= 15 is 0 Å². The second-order valence-corrected chi connectivity index (χ2v) is 9.20. The number of Topliss-reactive ketones (excluding diaryl/α,β-unsaturated/α-hetero) is 1. The Morgan fingerprint density at radius 2 is 1.93 bits per heavy atom. The molecule has 1 aliphatic carbocycles. The van der Waals surface area contributed by atoms with Crippen LogP contribution in [0.4, 0.5) is 4.79 Å². The molecule has 1 aliphatic heterocycles. The van der Waals surface area contributed by atoms with Crippen molar-refractivity contribution in [3.63, 3.8) is 0 Å². The van der Waals surface area contributed by atoms with Gasteiger partial charge >= 0.3 is 6.09 Å². The second kappa shape index (κ2) is 7.22. The molecule has 0 bridgehead atoms. The number of ether oxygens (including phenoxy) is 1. The average molecular weight is 383 g/mol. The number of H-pyrrole nitrogens is 1. The van der Waals surface area contributed by atoms with E-state index < -0.39 is 5.60 Å². The highest BCUT2D eigenvalue weighted by Gasteiger charge is 2.32. The smallest absolute Gasteiger partial charge is 0.410 e. The second-order valence-electron chi connectivity index (χ2n) is 9.20. The van der Waals surface area contributed by atoms with Crippen molar-refractivity contribution in [2.24, 2.45) is 11.8 Å². The van der Waals surface area contributed by atoms with Gasteiger partial charge in [0.25, 0.3) is 0 Å². The zero-order valence-corrected chi connectivity index (χ0v) is 17.0. The summed E-state index contributed by atoms with van der Waals surface area (Å²) >= 11 is 0. The Hall–Kier alpha value is -2.37.